The number of urea groups is 1. The first kappa shape index (κ1) is 24.3. The molecule has 182 valence electrons. The predicted octanol–water partition coefficient (Wildman–Crippen LogP) is 4.86. The lowest BCUT2D eigenvalue weighted by atomic mass is 10.1. The van der Waals surface area contributed by atoms with E-state index in [0.717, 1.165) is 12.1 Å². The second-order valence-electron chi connectivity index (χ2n) is 7.54. The van der Waals surface area contributed by atoms with E-state index in [-0.39, 0.29) is 17.7 Å². The molecule has 2 aromatic carbocycles. The van der Waals surface area contributed by atoms with E-state index in [2.05, 4.69) is 32.2 Å². The minimum atomic E-state index is -4.47. The van der Waals surface area contributed by atoms with Crippen LogP contribution in [0.2, 0.25) is 0 Å². The number of anilines is 1. The Morgan fingerprint density at radius 2 is 1.83 bits per heavy atom. The second kappa shape index (κ2) is 10.2. The molecule has 4 aromatic rings. The van der Waals surface area contributed by atoms with Gasteiger partial charge < -0.3 is 15.4 Å². The van der Waals surface area contributed by atoms with Crippen molar-refractivity contribution in [3.8, 4) is 11.8 Å². The van der Waals surface area contributed by atoms with Crippen LogP contribution in [0.4, 0.5) is 23.7 Å². The molecule has 0 fully saturated rings. The number of aromatic nitrogens is 2. The molecule has 0 radical (unpaired) electrons. The standard InChI is InChI=1S/C26H19F3N4O3/c1-36-24(34)18-7-5-9-20(15-18)31-25(35)30-16-21-22(33-13-3-2-10-23(33)32-21)12-11-17-6-4-8-19(14-17)26(27,28)29/h2-10,13-15H,16H2,1H3,(H2,30,31,35). The minimum Gasteiger partial charge on any atom is -0.465 e. The van der Waals surface area contributed by atoms with Gasteiger partial charge in [-0.15, -0.1) is 0 Å². The maximum Gasteiger partial charge on any atom is 0.416 e. The van der Waals surface area contributed by atoms with E-state index in [4.69, 9.17) is 0 Å². The summed E-state index contributed by atoms with van der Waals surface area (Å²) in [6.45, 7) is -0.00316. The number of fused-ring (bicyclic) bond motifs is 1. The average Bonchev–Trinajstić information content (AvgIpc) is 3.23. The van der Waals surface area contributed by atoms with Gasteiger partial charge in [0, 0.05) is 17.4 Å². The summed E-state index contributed by atoms with van der Waals surface area (Å²) < 4.78 is 45.5. The Bertz CT molecular complexity index is 1500. The van der Waals surface area contributed by atoms with Crippen LogP contribution in [0.15, 0.2) is 72.9 Å². The zero-order valence-corrected chi connectivity index (χ0v) is 18.9. The third kappa shape index (κ3) is 5.64. The van der Waals surface area contributed by atoms with Gasteiger partial charge in [0.15, 0.2) is 0 Å². The van der Waals surface area contributed by atoms with Crippen molar-refractivity contribution < 1.29 is 27.5 Å². The molecule has 2 N–H and O–H groups in total. The summed E-state index contributed by atoms with van der Waals surface area (Å²) in [5.74, 6) is 5.12. The molecule has 2 aromatic heterocycles. The van der Waals surface area contributed by atoms with Gasteiger partial charge in [-0.25, -0.2) is 14.6 Å². The molecule has 0 bridgehead atoms. The number of benzene rings is 2. The Hall–Kier alpha value is -4.78. The summed E-state index contributed by atoms with van der Waals surface area (Å²) in [5.41, 5.74) is 1.49. The number of nitrogens with one attached hydrogen (secondary N) is 2. The van der Waals surface area contributed by atoms with Crippen molar-refractivity contribution in [2.24, 2.45) is 0 Å². The van der Waals surface area contributed by atoms with Crippen molar-refractivity contribution in [2.45, 2.75) is 12.7 Å². The zero-order chi connectivity index (χ0) is 25.7. The largest absolute Gasteiger partial charge is 0.465 e. The van der Waals surface area contributed by atoms with Crippen LogP contribution in [0.5, 0.6) is 0 Å². The van der Waals surface area contributed by atoms with Gasteiger partial charge in [0.25, 0.3) is 0 Å². The molecule has 2 heterocycles. The third-order valence-corrected chi connectivity index (χ3v) is 5.08. The molecule has 0 aliphatic rings. The molecule has 0 spiro atoms. The van der Waals surface area contributed by atoms with E-state index in [1.54, 1.807) is 47.0 Å². The van der Waals surface area contributed by atoms with E-state index in [9.17, 15) is 22.8 Å². The number of hydrogen-bond acceptors (Lipinski definition) is 4. The van der Waals surface area contributed by atoms with Crippen molar-refractivity contribution >= 4 is 23.3 Å². The highest BCUT2D eigenvalue weighted by Gasteiger charge is 2.30. The number of carbonyl (C=O) groups is 2. The van der Waals surface area contributed by atoms with Crippen molar-refractivity contribution in [1.29, 1.82) is 0 Å². The molecule has 36 heavy (non-hydrogen) atoms. The van der Waals surface area contributed by atoms with Gasteiger partial charge in [-0.1, -0.05) is 24.1 Å². The number of esters is 1. The fourth-order valence-corrected chi connectivity index (χ4v) is 3.39. The van der Waals surface area contributed by atoms with E-state index < -0.39 is 23.7 Å². The third-order valence-electron chi connectivity index (χ3n) is 5.08. The van der Waals surface area contributed by atoms with Crippen molar-refractivity contribution in [3.05, 3.63) is 101 Å². The Morgan fingerprint density at radius 3 is 2.61 bits per heavy atom. The normalized spacial score (nSPS) is 10.9. The molecule has 0 aliphatic heterocycles. The maximum absolute atomic E-state index is 13.0. The van der Waals surface area contributed by atoms with Crippen molar-refractivity contribution in [1.82, 2.24) is 14.7 Å². The number of amides is 2. The number of nitrogens with zero attached hydrogens (tertiary/aromatic N) is 2. The van der Waals surface area contributed by atoms with E-state index >= 15 is 0 Å². The maximum atomic E-state index is 13.0. The fraction of sp³-hybridized carbons (Fsp3) is 0.115. The monoisotopic (exact) mass is 492 g/mol. The molecule has 0 saturated heterocycles. The lowest BCUT2D eigenvalue weighted by Gasteiger charge is -2.08. The number of ether oxygens (including phenoxy) is 1. The van der Waals surface area contributed by atoms with Gasteiger partial charge >= 0.3 is 18.2 Å². The Labute approximate surface area is 203 Å². The first-order chi connectivity index (χ1) is 17.2. The fourth-order valence-electron chi connectivity index (χ4n) is 3.39. The summed E-state index contributed by atoms with van der Waals surface area (Å²) in [5, 5.41) is 5.31. The van der Waals surface area contributed by atoms with E-state index in [1.807, 2.05) is 0 Å². The van der Waals surface area contributed by atoms with Gasteiger partial charge in [0.05, 0.1) is 30.5 Å². The van der Waals surface area contributed by atoms with Crippen LogP contribution in [-0.4, -0.2) is 28.5 Å². The number of methoxy groups -OCH3 is 1. The van der Waals surface area contributed by atoms with Crippen molar-refractivity contribution in [3.63, 3.8) is 0 Å². The molecule has 0 saturated carbocycles. The number of rotatable bonds is 4. The molecule has 7 nitrogen and oxygen atoms in total. The summed E-state index contributed by atoms with van der Waals surface area (Å²) in [6.07, 6.45) is -2.75. The van der Waals surface area contributed by atoms with Crippen LogP contribution in [-0.2, 0) is 17.5 Å². The highest BCUT2D eigenvalue weighted by atomic mass is 19.4. The number of carbonyl (C=O) groups excluding carboxylic acids is 2. The first-order valence-electron chi connectivity index (χ1n) is 10.6. The number of imidazole rings is 1. The smallest absolute Gasteiger partial charge is 0.416 e. The van der Waals surface area contributed by atoms with E-state index in [1.165, 1.54) is 25.3 Å². The number of hydrogen-bond donors (Lipinski definition) is 2. The van der Waals surface area contributed by atoms with Gasteiger partial charge in [0.2, 0.25) is 0 Å². The van der Waals surface area contributed by atoms with Gasteiger partial charge in [-0.05, 0) is 54.5 Å². The number of halogens is 3. The summed E-state index contributed by atoms with van der Waals surface area (Å²) in [6, 6.07) is 15.7. The van der Waals surface area contributed by atoms with Crippen LogP contribution in [0.3, 0.4) is 0 Å². The van der Waals surface area contributed by atoms with Crippen LogP contribution >= 0.6 is 0 Å². The Balaban J connectivity index is 1.55. The highest BCUT2D eigenvalue weighted by molar-refractivity contribution is 5.93. The predicted molar refractivity (Wildman–Crippen MR) is 126 cm³/mol. The summed E-state index contributed by atoms with van der Waals surface area (Å²) >= 11 is 0. The van der Waals surface area contributed by atoms with Gasteiger partial charge in [0.1, 0.15) is 11.3 Å². The lowest BCUT2D eigenvalue weighted by Crippen LogP contribution is -2.28. The topological polar surface area (TPSA) is 84.7 Å². The van der Waals surface area contributed by atoms with E-state index in [0.29, 0.717) is 22.7 Å². The molecule has 0 atom stereocenters. The summed E-state index contributed by atoms with van der Waals surface area (Å²) in [7, 11) is 1.26. The molecule has 10 heteroatoms. The summed E-state index contributed by atoms with van der Waals surface area (Å²) in [4.78, 5) is 28.6. The Morgan fingerprint density at radius 1 is 1.03 bits per heavy atom. The van der Waals surface area contributed by atoms with Crippen molar-refractivity contribution in [2.75, 3.05) is 12.4 Å². The molecule has 0 unspecified atom stereocenters. The van der Waals surface area contributed by atoms with Crippen LogP contribution < -0.4 is 10.6 Å². The van der Waals surface area contributed by atoms with Gasteiger partial charge in [-0.2, -0.15) is 13.2 Å². The number of alkyl halides is 3. The average molecular weight is 492 g/mol. The highest BCUT2D eigenvalue weighted by Crippen LogP contribution is 2.29. The minimum absolute atomic E-state index is 0.00316. The zero-order valence-electron chi connectivity index (χ0n) is 18.9. The first-order valence-corrected chi connectivity index (χ1v) is 10.6. The molecular formula is C26H19F3N4O3. The lowest BCUT2D eigenvalue weighted by molar-refractivity contribution is -0.137. The molecular weight excluding hydrogens is 473 g/mol. The SMILES string of the molecule is COC(=O)c1cccc(NC(=O)NCc2nc3ccccn3c2C#Cc2cccc(C(F)(F)F)c2)c1. The molecule has 2 amide bonds. The molecule has 4 rings (SSSR count). The molecule has 0 aliphatic carbocycles. The van der Waals surface area contributed by atoms with Crippen LogP contribution in [0.1, 0.15) is 32.9 Å². The Kier molecular flexibility index (Phi) is 6.92. The quantitative estimate of drug-likeness (QED) is 0.315. The second-order valence-corrected chi connectivity index (χ2v) is 7.54. The van der Waals surface area contributed by atoms with Crippen LogP contribution in [0.25, 0.3) is 5.65 Å². The van der Waals surface area contributed by atoms with Gasteiger partial charge in [-0.3, -0.25) is 4.40 Å². The van der Waals surface area contributed by atoms with Crippen LogP contribution in [0, 0.1) is 11.8 Å². The number of pyridine rings is 1.